The Morgan fingerprint density at radius 1 is 0.122 bits per heavy atom. The molecule has 17 aromatic rings. The molecule has 0 amide bonds. The maximum Gasteiger partial charge on any atom is 0.0470 e. The van der Waals surface area contributed by atoms with Gasteiger partial charge in [0.2, 0.25) is 0 Å². The molecule has 0 aliphatic carbocycles. The second kappa shape index (κ2) is 30.8. The molecule has 0 heterocycles. The van der Waals surface area contributed by atoms with Crippen LogP contribution < -0.4 is 21.3 Å². The molecule has 17 aromatic carbocycles. The molecule has 0 fully saturated rings. The lowest BCUT2D eigenvalue weighted by molar-refractivity contribution is 1.53. The molecule has 0 saturated heterocycles. The minimum absolute atomic E-state index is 1.09. The van der Waals surface area contributed by atoms with Crippen LogP contribution in [0.25, 0.3) is 98.7 Å². The zero-order valence-corrected chi connectivity index (χ0v) is 54.3. The molecule has 468 valence electrons. The number of nitrogens with one attached hydrogen (secondary N) is 4. The Morgan fingerprint density at radius 3 is 0.847 bits per heavy atom. The standard InChI is InChI=1S/C26H19N.2C24H19N.C20H15N/c1-2-8-19(9-3-1)20-14-16-22(17-15-20)27-26-18-21-10-4-5-11-23(21)24-12-6-7-13-25(24)26;1-3-9-19(10-4-1)21-13-7-15-23(17-21)25-24-16-8-14-22(18-24)20-11-5-2-6-12-20;1-3-8-19(9-4-1)21-14-16-23(17-15-21)25-24-13-7-12-22(18-24)20-10-5-2-6-11-20;1-2-7-17(8-3-1)21-18-12-13-20-16(14-18)11-10-15-6-4-5-9-19(15)20/h1-18,27H;2*1-18,25H;1-14,21H. The van der Waals surface area contributed by atoms with E-state index < -0.39 is 0 Å². The minimum Gasteiger partial charge on any atom is -0.356 e. The van der Waals surface area contributed by atoms with Crippen molar-refractivity contribution in [3.05, 3.63) is 413 Å². The molecule has 0 aromatic heterocycles. The van der Waals surface area contributed by atoms with Crippen LogP contribution in [0.2, 0.25) is 0 Å². The summed E-state index contributed by atoms with van der Waals surface area (Å²) < 4.78 is 0. The maximum absolute atomic E-state index is 3.62. The fourth-order valence-electron chi connectivity index (χ4n) is 12.4. The molecule has 0 radical (unpaired) electrons. The molecule has 0 saturated carbocycles. The van der Waals surface area contributed by atoms with Crippen molar-refractivity contribution >= 4 is 88.6 Å². The number of fused-ring (bicyclic) bond motifs is 6. The van der Waals surface area contributed by atoms with Crippen molar-refractivity contribution < 1.29 is 0 Å². The second-order valence-corrected chi connectivity index (χ2v) is 24.0. The van der Waals surface area contributed by atoms with Crippen LogP contribution in [0.15, 0.2) is 413 Å². The van der Waals surface area contributed by atoms with Crippen LogP contribution in [0.5, 0.6) is 0 Å². The molecule has 0 aliphatic heterocycles. The van der Waals surface area contributed by atoms with E-state index in [9.17, 15) is 0 Å². The fraction of sp³-hybridized carbons (Fsp3) is 0. The minimum atomic E-state index is 1.09. The van der Waals surface area contributed by atoms with Gasteiger partial charge in [-0.05, 0) is 184 Å². The highest BCUT2D eigenvalue weighted by Gasteiger charge is 2.09. The van der Waals surface area contributed by atoms with Gasteiger partial charge in [-0.25, -0.2) is 0 Å². The Bertz CT molecular complexity index is 5320. The predicted molar refractivity (Wildman–Crippen MR) is 422 cm³/mol. The van der Waals surface area contributed by atoms with Crippen molar-refractivity contribution in [2.75, 3.05) is 21.3 Å². The van der Waals surface area contributed by atoms with Crippen LogP contribution in [-0.4, -0.2) is 0 Å². The summed E-state index contributed by atoms with van der Waals surface area (Å²) in [5.74, 6) is 0. The lowest BCUT2D eigenvalue weighted by atomic mass is 10.00. The van der Waals surface area contributed by atoms with Gasteiger partial charge < -0.3 is 21.3 Å². The summed E-state index contributed by atoms with van der Waals surface area (Å²) in [6.07, 6.45) is 0. The van der Waals surface area contributed by atoms with Crippen LogP contribution in [0, 0.1) is 0 Å². The first-order chi connectivity index (χ1) is 48.5. The molecule has 0 spiro atoms. The third kappa shape index (κ3) is 15.8. The summed E-state index contributed by atoms with van der Waals surface area (Å²) in [6, 6.07) is 144. The average molecular weight is 1260 g/mol. The van der Waals surface area contributed by atoms with E-state index in [1.165, 1.54) is 98.7 Å². The predicted octanol–water partition coefficient (Wildman–Crippen LogP) is 26.7. The highest BCUT2D eigenvalue weighted by Crippen LogP contribution is 2.36. The molecule has 0 unspecified atom stereocenters. The Balaban J connectivity index is 0.000000112. The Labute approximate surface area is 574 Å². The number of rotatable bonds is 13. The van der Waals surface area contributed by atoms with E-state index in [2.05, 4.69) is 385 Å². The Morgan fingerprint density at radius 2 is 0.388 bits per heavy atom. The number of hydrogen-bond donors (Lipinski definition) is 4. The lowest BCUT2D eigenvalue weighted by Crippen LogP contribution is -1.92. The van der Waals surface area contributed by atoms with E-state index >= 15 is 0 Å². The molecular weight excluding hydrogens is 1190 g/mol. The van der Waals surface area contributed by atoms with Gasteiger partial charge in [0.1, 0.15) is 0 Å². The van der Waals surface area contributed by atoms with Gasteiger partial charge in [0, 0.05) is 50.9 Å². The first-order valence-corrected chi connectivity index (χ1v) is 33.3. The lowest BCUT2D eigenvalue weighted by Gasteiger charge is -2.13. The summed E-state index contributed by atoms with van der Waals surface area (Å²) in [4.78, 5) is 0. The second-order valence-electron chi connectivity index (χ2n) is 24.0. The van der Waals surface area contributed by atoms with Crippen LogP contribution in [0.4, 0.5) is 45.5 Å². The SMILES string of the molecule is c1ccc(-c2ccc(Nc3cc4ccccc4c4ccccc34)cc2)cc1.c1ccc(-c2ccc(Nc3cccc(-c4ccccc4)c3)cc2)cc1.c1ccc(-c2cccc(Nc3cccc(-c4ccccc4)c3)c2)cc1.c1ccc(Nc2ccc3c(ccc4ccccc43)c2)cc1. The summed E-state index contributed by atoms with van der Waals surface area (Å²) in [5.41, 5.74) is 21.1. The smallest absolute Gasteiger partial charge is 0.0470 e. The average Bonchev–Trinajstić information content (AvgIpc) is 0.795. The topological polar surface area (TPSA) is 48.1 Å². The van der Waals surface area contributed by atoms with E-state index in [0.717, 1.165) is 45.5 Å². The van der Waals surface area contributed by atoms with Crippen molar-refractivity contribution in [3.8, 4) is 55.6 Å². The van der Waals surface area contributed by atoms with Gasteiger partial charge in [-0.2, -0.15) is 0 Å². The maximum atomic E-state index is 3.62. The van der Waals surface area contributed by atoms with Gasteiger partial charge in [0.05, 0.1) is 0 Å². The van der Waals surface area contributed by atoms with Gasteiger partial charge >= 0.3 is 0 Å². The van der Waals surface area contributed by atoms with E-state index in [-0.39, 0.29) is 0 Å². The highest BCUT2D eigenvalue weighted by molar-refractivity contribution is 6.13. The van der Waals surface area contributed by atoms with E-state index in [4.69, 9.17) is 0 Å². The monoisotopic (exact) mass is 1260 g/mol. The molecular formula is C94H72N4. The van der Waals surface area contributed by atoms with Crippen molar-refractivity contribution in [1.82, 2.24) is 0 Å². The Kier molecular flexibility index (Phi) is 19.6. The highest BCUT2D eigenvalue weighted by atomic mass is 14.9. The molecule has 4 nitrogen and oxygen atoms in total. The molecule has 0 bridgehead atoms. The first kappa shape index (κ1) is 62.4. The van der Waals surface area contributed by atoms with Crippen molar-refractivity contribution in [3.63, 3.8) is 0 Å². The number of benzene rings is 17. The normalized spacial score (nSPS) is 10.7. The van der Waals surface area contributed by atoms with Gasteiger partial charge in [-0.3, -0.25) is 0 Å². The summed E-state index contributed by atoms with van der Waals surface area (Å²) in [7, 11) is 0. The first-order valence-electron chi connectivity index (χ1n) is 33.3. The van der Waals surface area contributed by atoms with Gasteiger partial charge in [-0.15, -0.1) is 0 Å². The zero-order valence-electron chi connectivity index (χ0n) is 54.3. The largest absolute Gasteiger partial charge is 0.356 e. The molecule has 17 rings (SSSR count). The molecule has 4 N–H and O–H groups in total. The summed E-state index contributed by atoms with van der Waals surface area (Å²) >= 11 is 0. The zero-order chi connectivity index (χ0) is 65.9. The van der Waals surface area contributed by atoms with Crippen molar-refractivity contribution in [2.24, 2.45) is 0 Å². The van der Waals surface area contributed by atoms with Crippen molar-refractivity contribution in [2.45, 2.75) is 0 Å². The Hall–Kier alpha value is -13.0. The third-order valence-electron chi connectivity index (χ3n) is 17.3. The molecule has 0 atom stereocenters. The van der Waals surface area contributed by atoms with Crippen LogP contribution in [0.3, 0.4) is 0 Å². The number of hydrogen-bond acceptors (Lipinski definition) is 4. The van der Waals surface area contributed by atoms with Gasteiger partial charge in [0.25, 0.3) is 0 Å². The molecule has 4 heteroatoms. The van der Waals surface area contributed by atoms with Crippen LogP contribution in [0.1, 0.15) is 0 Å². The van der Waals surface area contributed by atoms with Gasteiger partial charge in [-0.1, -0.05) is 322 Å². The van der Waals surface area contributed by atoms with Crippen LogP contribution in [-0.2, 0) is 0 Å². The number of anilines is 8. The van der Waals surface area contributed by atoms with Crippen molar-refractivity contribution in [1.29, 1.82) is 0 Å². The number of para-hydroxylation sites is 1. The summed E-state index contributed by atoms with van der Waals surface area (Å²) in [5, 5.41) is 24.3. The van der Waals surface area contributed by atoms with Crippen LogP contribution >= 0.6 is 0 Å². The summed E-state index contributed by atoms with van der Waals surface area (Å²) in [6.45, 7) is 0. The van der Waals surface area contributed by atoms with E-state index in [0.29, 0.717) is 0 Å². The van der Waals surface area contributed by atoms with Gasteiger partial charge in [0.15, 0.2) is 0 Å². The fourth-order valence-corrected chi connectivity index (χ4v) is 12.4. The van der Waals surface area contributed by atoms with E-state index in [1.54, 1.807) is 0 Å². The molecule has 0 aliphatic rings. The third-order valence-corrected chi connectivity index (χ3v) is 17.3. The quantitative estimate of drug-likeness (QED) is 0.0869. The van der Waals surface area contributed by atoms with E-state index in [1.807, 2.05) is 48.5 Å². The molecule has 98 heavy (non-hydrogen) atoms.